The molecule has 0 radical (unpaired) electrons. The van der Waals surface area contributed by atoms with Crippen LogP contribution in [0.5, 0.6) is 0 Å². The number of hydrogen-bond acceptors (Lipinski definition) is 3. The number of carbonyl (C=O) groups is 1. The maximum absolute atomic E-state index is 12.6. The molecular formula is C15H11F3N2O2. The first-order valence-electron chi connectivity index (χ1n) is 6.16. The zero-order valence-corrected chi connectivity index (χ0v) is 11.1. The van der Waals surface area contributed by atoms with Crippen LogP contribution in [0.2, 0.25) is 0 Å². The van der Waals surface area contributed by atoms with E-state index in [1.165, 1.54) is 30.5 Å². The number of carboxylic acid groups (broad SMARTS) is 1. The van der Waals surface area contributed by atoms with Gasteiger partial charge in [0.05, 0.1) is 23.0 Å². The Labute approximate surface area is 123 Å². The van der Waals surface area contributed by atoms with E-state index in [1.807, 2.05) is 0 Å². The van der Waals surface area contributed by atoms with Gasteiger partial charge in [0.25, 0.3) is 0 Å². The second-order valence-electron chi connectivity index (χ2n) is 4.34. The first-order chi connectivity index (χ1) is 10.4. The lowest BCUT2D eigenvalue weighted by atomic mass is 10.1. The minimum Gasteiger partial charge on any atom is -0.478 e. The van der Waals surface area contributed by atoms with Gasteiger partial charge in [0.15, 0.2) is 0 Å². The largest absolute Gasteiger partial charge is 0.478 e. The van der Waals surface area contributed by atoms with Crippen molar-refractivity contribution in [3.05, 3.63) is 65.2 Å². The topological polar surface area (TPSA) is 61.7 Å². The van der Waals surface area contributed by atoms with Gasteiger partial charge in [-0.25, -0.2) is 4.79 Å². The van der Waals surface area contributed by atoms with Crippen LogP contribution >= 0.6 is 0 Å². The summed E-state index contributed by atoms with van der Waals surface area (Å²) in [5, 5.41) is 12.8. The van der Waals surface area contributed by atoms with Crippen LogP contribution in [0.25, 0.3) is 0 Å². The summed E-state index contributed by atoms with van der Waals surface area (Å²) in [6.45, 7) is 0. The van der Waals surface area contributed by atoms with Gasteiger partial charge in [-0.15, -0.1) is 0 Å². The average Bonchev–Trinajstić information content (AvgIpc) is 2.47. The number of nitrogens with one attached hydrogen (secondary N) is 1. The number of hydrazone groups is 1. The molecule has 7 heteroatoms. The summed E-state index contributed by atoms with van der Waals surface area (Å²) >= 11 is 0. The Bertz CT molecular complexity index is 712. The molecule has 2 aromatic carbocycles. The van der Waals surface area contributed by atoms with Crippen LogP contribution in [-0.4, -0.2) is 17.3 Å². The molecule has 0 fully saturated rings. The van der Waals surface area contributed by atoms with Crippen LogP contribution < -0.4 is 5.43 Å². The molecule has 0 unspecified atom stereocenters. The highest BCUT2D eigenvalue weighted by atomic mass is 19.4. The van der Waals surface area contributed by atoms with Crippen LogP contribution in [0, 0.1) is 0 Å². The van der Waals surface area contributed by atoms with E-state index in [-0.39, 0.29) is 16.8 Å². The molecule has 0 aliphatic rings. The summed E-state index contributed by atoms with van der Waals surface area (Å²) in [5.74, 6) is -1.13. The number of benzene rings is 2. The lowest BCUT2D eigenvalue weighted by Crippen LogP contribution is -2.05. The Balaban J connectivity index is 2.16. The van der Waals surface area contributed by atoms with Gasteiger partial charge >= 0.3 is 12.1 Å². The number of carboxylic acids is 1. The highest BCUT2D eigenvalue weighted by Crippen LogP contribution is 2.29. The molecule has 114 valence electrons. The number of hydrogen-bond donors (Lipinski definition) is 2. The fourth-order valence-corrected chi connectivity index (χ4v) is 1.74. The Morgan fingerprint density at radius 2 is 1.86 bits per heavy atom. The molecule has 0 amide bonds. The maximum atomic E-state index is 12.6. The summed E-state index contributed by atoms with van der Waals surface area (Å²) < 4.78 is 37.7. The zero-order valence-electron chi connectivity index (χ0n) is 11.1. The second-order valence-corrected chi connectivity index (χ2v) is 4.34. The number of para-hydroxylation sites is 1. The maximum Gasteiger partial charge on any atom is 0.416 e. The molecule has 4 nitrogen and oxygen atoms in total. The number of nitrogens with zero attached hydrogens (tertiary/aromatic N) is 1. The molecule has 0 bridgehead atoms. The Morgan fingerprint density at radius 1 is 1.14 bits per heavy atom. The normalized spacial score (nSPS) is 11.6. The van der Waals surface area contributed by atoms with E-state index in [4.69, 9.17) is 5.11 Å². The molecule has 0 saturated heterocycles. The van der Waals surface area contributed by atoms with Crippen LogP contribution in [0.15, 0.2) is 53.6 Å². The number of alkyl halides is 3. The van der Waals surface area contributed by atoms with Crippen molar-refractivity contribution in [3.8, 4) is 0 Å². The molecule has 0 aliphatic carbocycles. The van der Waals surface area contributed by atoms with Crippen molar-refractivity contribution >= 4 is 17.9 Å². The van der Waals surface area contributed by atoms with Crippen molar-refractivity contribution in [2.24, 2.45) is 5.10 Å². The molecular weight excluding hydrogens is 297 g/mol. The van der Waals surface area contributed by atoms with Gasteiger partial charge in [-0.1, -0.05) is 24.3 Å². The van der Waals surface area contributed by atoms with Gasteiger partial charge in [-0.2, -0.15) is 18.3 Å². The van der Waals surface area contributed by atoms with Crippen LogP contribution in [0.4, 0.5) is 18.9 Å². The van der Waals surface area contributed by atoms with Crippen molar-refractivity contribution in [1.29, 1.82) is 0 Å². The van der Waals surface area contributed by atoms with Crippen molar-refractivity contribution in [2.45, 2.75) is 6.18 Å². The molecule has 0 aliphatic heterocycles. The molecule has 0 spiro atoms. The van der Waals surface area contributed by atoms with Gasteiger partial charge in [0.2, 0.25) is 0 Å². The lowest BCUT2D eigenvalue weighted by molar-refractivity contribution is -0.137. The summed E-state index contributed by atoms with van der Waals surface area (Å²) in [4.78, 5) is 11.0. The summed E-state index contributed by atoms with van der Waals surface area (Å²) in [6, 6.07) is 10.7. The number of rotatable bonds is 4. The van der Waals surface area contributed by atoms with Gasteiger partial charge in [0, 0.05) is 0 Å². The fraction of sp³-hybridized carbons (Fsp3) is 0.0667. The van der Waals surface area contributed by atoms with E-state index in [2.05, 4.69) is 10.5 Å². The van der Waals surface area contributed by atoms with Crippen molar-refractivity contribution in [3.63, 3.8) is 0 Å². The molecule has 0 heterocycles. The van der Waals surface area contributed by atoms with Gasteiger partial charge < -0.3 is 5.11 Å². The van der Waals surface area contributed by atoms with Crippen LogP contribution in [0.3, 0.4) is 0 Å². The highest BCUT2D eigenvalue weighted by molar-refractivity contribution is 5.94. The summed E-state index contributed by atoms with van der Waals surface area (Å²) in [6.07, 6.45) is -3.24. The highest BCUT2D eigenvalue weighted by Gasteiger charge is 2.30. The minimum absolute atomic E-state index is 0.0173. The monoisotopic (exact) mass is 308 g/mol. The average molecular weight is 308 g/mol. The SMILES string of the molecule is O=C(O)c1ccccc1N/N=C/c1cccc(C(F)(F)F)c1. The van der Waals surface area contributed by atoms with Gasteiger partial charge in [0.1, 0.15) is 0 Å². The van der Waals surface area contributed by atoms with Crippen molar-refractivity contribution < 1.29 is 23.1 Å². The third-order valence-corrected chi connectivity index (χ3v) is 2.77. The van der Waals surface area contributed by atoms with Gasteiger partial charge in [-0.05, 0) is 29.8 Å². The van der Waals surface area contributed by atoms with E-state index < -0.39 is 17.7 Å². The van der Waals surface area contributed by atoms with E-state index in [9.17, 15) is 18.0 Å². The number of aromatic carboxylic acids is 1. The minimum atomic E-state index is -4.42. The van der Waals surface area contributed by atoms with E-state index in [0.29, 0.717) is 0 Å². The molecule has 2 aromatic rings. The zero-order chi connectivity index (χ0) is 16.2. The Morgan fingerprint density at radius 3 is 2.55 bits per heavy atom. The van der Waals surface area contributed by atoms with E-state index in [1.54, 1.807) is 12.1 Å². The standard InChI is InChI=1S/C15H11F3N2O2/c16-15(17,18)11-5-3-4-10(8-11)9-19-20-13-7-2-1-6-12(13)14(21)22/h1-9,20H,(H,21,22)/b19-9+. The van der Waals surface area contributed by atoms with Crippen LogP contribution in [-0.2, 0) is 6.18 Å². The predicted octanol–water partition coefficient (Wildman–Crippen LogP) is 3.85. The quantitative estimate of drug-likeness (QED) is 0.666. The number of halogens is 3. The lowest BCUT2D eigenvalue weighted by Gasteiger charge is -2.07. The number of anilines is 1. The summed E-state index contributed by atoms with van der Waals surface area (Å²) in [7, 11) is 0. The molecule has 0 aromatic heterocycles. The molecule has 0 saturated carbocycles. The predicted molar refractivity (Wildman–Crippen MR) is 76.1 cm³/mol. The smallest absolute Gasteiger partial charge is 0.416 e. The molecule has 2 N–H and O–H groups in total. The third kappa shape index (κ3) is 3.85. The fourth-order valence-electron chi connectivity index (χ4n) is 1.74. The summed E-state index contributed by atoms with van der Waals surface area (Å²) in [5.41, 5.74) is 2.24. The van der Waals surface area contributed by atoms with Crippen molar-refractivity contribution in [2.75, 3.05) is 5.43 Å². The van der Waals surface area contributed by atoms with Crippen molar-refractivity contribution in [1.82, 2.24) is 0 Å². The second kappa shape index (κ2) is 6.30. The van der Waals surface area contributed by atoms with E-state index >= 15 is 0 Å². The molecule has 22 heavy (non-hydrogen) atoms. The van der Waals surface area contributed by atoms with Gasteiger partial charge in [-0.3, -0.25) is 5.43 Å². The molecule has 0 atom stereocenters. The van der Waals surface area contributed by atoms with E-state index in [0.717, 1.165) is 12.1 Å². The molecule has 2 rings (SSSR count). The Kier molecular flexibility index (Phi) is 4.45. The Hall–Kier alpha value is -2.83. The third-order valence-electron chi connectivity index (χ3n) is 2.77. The van der Waals surface area contributed by atoms with Crippen LogP contribution in [0.1, 0.15) is 21.5 Å². The first kappa shape index (κ1) is 15.6. The first-order valence-corrected chi connectivity index (χ1v) is 6.16.